The number of piperazine rings is 1. The summed E-state index contributed by atoms with van der Waals surface area (Å²) in [5.41, 5.74) is 5.63. The van der Waals surface area contributed by atoms with Gasteiger partial charge in [0.2, 0.25) is 0 Å². The summed E-state index contributed by atoms with van der Waals surface area (Å²) in [5, 5.41) is 3.07. The summed E-state index contributed by atoms with van der Waals surface area (Å²) in [7, 11) is 2.18. The number of carbonyl (C=O) groups is 3. The Balaban J connectivity index is 1.09. The van der Waals surface area contributed by atoms with Crippen LogP contribution >= 0.6 is 0 Å². The number of hydrogen-bond acceptors (Lipinski definition) is 6. The zero-order valence-electron chi connectivity index (χ0n) is 29.2. The molecule has 2 aromatic rings. The molecule has 4 amide bonds. The van der Waals surface area contributed by atoms with Gasteiger partial charge in [-0.3, -0.25) is 9.69 Å². The third-order valence-electron chi connectivity index (χ3n) is 11.1. The zero-order valence-corrected chi connectivity index (χ0v) is 29.2. The molecule has 4 aliphatic heterocycles. The third kappa shape index (κ3) is 7.97. The Kier molecular flexibility index (Phi) is 11.2. The van der Waals surface area contributed by atoms with E-state index in [1.807, 2.05) is 28.0 Å². The van der Waals surface area contributed by atoms with Gasteiger partial charge in [-0.25, -0.2) is 9.59 Å². The number of ether oxygens (including phenoxy) is 1. The lowest BCUT2D eigenvalue weighted by Gasteiger charge is -2.42. The van der Waals surface area contributed by atoms with Crippen molar-refractivity contribution in [2.75, 3.05) is 71.3 Å². The van der Waals surface area contributed by atoms with Crippen molar-refractivity contribution in [3.05, 3.63) is 64.7 Å². The minimum absolute atomic E-state index is 0.0474. The minimum Gasteiger partial charge on any atom is -0.436 e. The van der Waals surface area contributed by atoms with E-state index in [9.17, 15) is 14.4 Å². The smallest absolute Gasteiger partial charge is 0.410 e. The number of fused-ring (bicyclic) bond motifs is 1. The molecule has 260 valence electrons. The zero-order chi connectivity index (χ0) is 33.6. The van der Waals surface area contributed by atoms with Gasteiger partial charge in [-0.15, -0.1) is 0 Å². The topological polar surface area (TPSA) is 88.7 Å². The van der Waals surface area contributed by atoms with E-state index in [4.69, 9.17) is 4.74 Å². The first-order chi connectivity index (χ1) is 23.3. The predicted molar refractivity (Wildman–Crippen MR) is 188 cm³/mol. The van der Waals surface area contributed by atoms with Crippen LogP contribution in [0.15, 0.2) is 42.5 Å². The van der Waals surface area contributed by atoms with Crippen molar-refractivity contribution in [3.63, 3.8) is 0 Å². The van der Waals surface area contributed by atoms with Crippen LogP contribution in [-0.4, -0.2) is 127 Å². The number of rotatable bonds is 8. The SMILES string of the molecule is CCc1ccc(C[C@@H](OC(=O)N2CCC(N3CCc4ccccc4NC3=O)CC2)C(=O)N2CCN(C3CCN(C)CC3)CC2)cc1CC. The van der Waals surface area contributed by atoms with E-state index in [-0.39, 0.29) is 18.0 Å². The van der Waals surface area contributed by atoms with Crippen LogP contribution in [-0.2, 0) is 35.2 Å². The van der Waals surface area contributed by atoms with Crippen LogP contribution in [0.25, 0.3) is 0 Å². The van der Waals surface area contributed by atoms with Crippen molar-refractivity contribution in [2.24, 2.45) is 0 Å². The fourth-order valence-corrected chi connectivity index (χ4v) is 8.04. The first kappa shape index (κ1) is 34.2. The molecule has 1 atom stereocenters. The summed E-state index contributed by atoms with van der Waals surface area (Å²) in [6.07, 6.45) is 5.42. The third-order valence-corrected chi connectivity index (χ3v) is 11.1. The number of aryl methyl sites for hydroxylation is 2. The fraction of sp³-hybridized carbons (Fsp3) is 0.605. The normalized spacial score (nSPS) is 21.0. The lowest BCUT2D eigenvalue weighted by molar-refractivity contribution is -0.143. The molecule has 0 bridgehead atoms. The molecule has 1 N–H and O–H groups in total. The molecule has 0 radical (unpaired) electrons. The average Bonchev–Trinajstić information content (AvgIpc) is 3.29. The maximum absolute atomic E-state index is 14.1. The van der Waals surface area contributed by atoms with Crippen LogP contribution in [0.2, 0.25) is 0 Å². The molecule has 0 aromatic heterocycles. The van der Waals surface area contributed by atoms with E-state index in [2.05, 4.69) is 60.3 Å². The van der Waals surface area contributed by atoms with Gasteiger partial charge in [-0.05, 0) is 93.4 Å². The molecular formula is C38H54N6O4. The van der Waals surface area contributed by atoms with Crippen LogP contribution in [0.1, 0.15) is 61.8 Å². The molecule has 6 rings (SSSR count). The van der Waals surface area contributed by atoms with Gasteiger partial charge in [0.05, 0.1) is 0 Å². The van der Waals surface area contributed by atoms with Crippen molar-refractivity contribution in [3.8, 4) is 0 Å². The highest BCUT2D eigenvalue weighted by atomic mass is 16.6. The first-order valence-corrected chi connectivity index (χ1v) is 18.3. The predicted octanol–water partition coefficient (Wildman–Crippen LogP) is 4.65. The summed E-state index contributed by atoms with van der Waals surface area (Å²) in [5.74, 6) is -0.0975. The molecule has 4 heterocycles. The molecule has 10 heteroatoms. The highest BCUT2D eigenvalue weighted by Crippen LogP contribution is 2.26. The summed E-state index contributed by atoms with van der Waals surface area (Å²) in [4.78, 5) is 51.4. The number of carbonyl (C=O) groups excluding carboxylic acids is 3. The van der Waals surface area contributed by atoms with Gasteiger partial charge in [-0.2, -0.15) is 0 Å². The number of nitrogens with zero attached hydrogens (tertiary/aromatic N) is 5. The molecule has 48 heavy (non-hydrogen) atoms. The second kappa shape index (κ2) is 15.7. The Labute approximate surface area is 286 Å². The molecule has 0 saturated carbocycles. The molecule has 3 fully saturated rings. The second-order valence-corrected chi connectivity index (χ2v) is 14.0. The number of piperidine rings is 2. The van der Waals surface area contributed by atoms with E-state index in [1.165, 1.54) is 24.0 Å². The lowest BCUT2D eigenvalue weighted by atomic mass is 9.97. The van der Waals surface area contributed by atoms with Gasteiger partial charge >= 0.3 is 12.1 Å². The van der Waals surface area contributed by atoms with E-state index < -0.39 is 12.2 Å². The monoisotopic (exact) mass is 658 g/mol. The van der Waals surface area contributed by atoms with Crippen LogP contribution in [0.4, 0.5) is 15.3 Å². The molecule has 10 nitrogen and oxygen atoms in total. The van der Waals surface area contributed by atoms with Crippen molar-refractivity contribution < 1.29 is 19.1 Å². The Morgan fingerprint density at radius 3 is 2.21 bits per heavy atom. The van der Waals surface area contributed by atoms with Gasteiger partial charge in [0.15, 0.2) is 6.10 Å². The molecule has 4 aliphatic rings. The highest BCUT2D eigenvalue weighted by Gasteiger charge is 2.36. The number of anilines is 1. The number of para-hydroxylation sites is 1. The highest BCUT2D eigenvalue weighted by molar-refractivity contribution is 5.91. The Morgan fingerprint density at radius 2 is 1.50 bits per heavy atom. The van der Waals surface area contributed by atoms with E-state index in [0.717, 1.165) is 62.3 Å². The lowest BCUT2D eigenvalue weighted by Crippen LogP contribution is -2.56. The maximum atomic E-state index is 14.1. The molecule has 0 aliphatic carbocycles. The summed E-state index contributed by atoms with van der Waals surface area (Å²) >= 11 is 0. The molecular weight excluding hydrogens is 604 g/mol. The number of urea groups is 1. The molecule has 0 spiro atoms. The number of amides is 4. The second-order valence-electron chi connectivity index (χ2n) is 14.0. The van der Waals surface area contributed by atoms with Crippen molar-refractivity contribution in [1.29, 1.82) is 0 Å². The van der Waals surface area contributed by atoms with Gasteiger partial charge in [-0.1, -0.05) is 50.2 Å². The summed E-state index contributed by atoms with van der Waals surface area (Å²) in [6, 6.07) is 14.9. The van der Waals surface area contributed by atoms with Gasteiger partial charge < -0.3 is 29.7 Å². The van der Waals surface area contributed by atoms with Crippen molar-refractivity contribution >= 4 is 23.7 Å². The number of nitrogens with one attached hydrogen (secondary N) is 1. The number of likely N-dealkylation sites (tertiary alicyclic amines) is 2. The summed E-state index contributed by atoms with van der Waals surface area (Å²) in [6.45, 7) is 11.2. The molecule has 0 unspecified atom stereocenters. The summed E-state index contributed by atoms with van der Waals surface area (Å²) < 4.78 is 6.14. The Hall–Kier alpha value is -3.63. The Morgan fingerprint density at radius 1 is 0.812 bits per heavy atom. The van der Waals surface area contributed by atoms with Crippen LogP contribution in [0.5, 0.6) is 0 Å². The average molecular weight is 659 g/mol. The van der Waals surface area contributed by atoms with Crippen molar-refractivity contribution in [1.82, 2.24) is 24.5 Å². The van der Waals surface area contributed by atoms with Gasteiger partial charge in [0.25, 0.3) is 5.91 Å². The fourth-order valence-electron chi connectivity index (χ4n) is 8.04. The molecule has 3 saturated heterocycles. The minimum atomic E-state index is -0.878. The standard InChI is InChI=1S/C38H54N6O4/c1-4-29-11-10-28(26-30(29)5-2)27-35(36(45)42-24-22-41(23-25-42)32-13-17-40(3)18-14-32)48-38(47)43-19-15-33(16-20-43)44-21-12-31-8-6-7-9-34(31)39-37(44)46/h6-11,26,32-33,35H,4-5,12-25,27H2,1-3H3,(H,39,46)/t35-/m1/s1. The van der Waals surface area contributed by atoms with E-state index in [0.29, 0.717) is 58.0 Å². The maximum Gasteiger partial charge on any atom is 0.410 e. The quantitative estimate of drug-likeness (QED) is 0.445. The van der Waals surface area contributed by atoms with E-state index >= 15 is 0 Å². The number of benzene rings is 2. The van der Waals surface area contributed by atoms with Crippen LogP contribution in [0.3, 0.4) is 0 Å². The first-order valence-electron chi connectivity index (χ1n) is 18.3. The van der Waals surface area contributed by atoms with Crippen LogP contribution in [0, 0.1) is 0 Å². The van der Waals surface area contributed by atoms with Gasteiger partial charge in [0, 0.05) is 70.0 Å². The van der Waals surface area contributed by atoms with Gasteiger partial charge in [0.1, 0.15) is 0 Å². The Bertz CT molecular complexity index is 1430. The number of hydrogen-bond donors (Lipinski definition) is 1. The van der Waals surface area contributed by atoms with Crippen LogP contribution < -0.4 is 5.32 Å². The molecule has 2 aromatic carbocycles. The van der Waals surface area contributed by atoms with Crippen molar-refractivity contribution in [2.45, 2.75) is 83.4 Å². The largest absolute Gasteiger partial charge is 0.436 e. The van der Waals surface area contributed by atoms with E-state index in [1.54, 1.807) is 4.90 Å².